The van der Waals surface area contributed by atoms with Crippen LogP contribution in [-0.2, 0) is 31.0 Å². The molecular weight excluding hydrogens is 682 g/mol. The molecule has 2 heterocycles. The number of imide groups is 2. The zero-order valence-electron chi connectivity index (χ0n) is 27.7. The molecule has 8 rings (SSSR count). The molecule has 4 amide bonds. The standard InChI is InChI=1S/C41H32ClN3O7/c1-2-9-23-10-6-17-31(36(23)46)35-29-18-19-30-34(39(49)43(37(30)47)27-15-8-16-28(21-27)45(51)52)32(29)22-33-38(48)44(26-14-7-13-25(42)20-26)40(50)41(33,35)24-11-4-3-5-12-24/h2-8,10-18,20-21,30,32-35,46H,1,9,19,22H2. The van der Waals surface area contributed by atoms with Crippen molar-refractivity contribution < 1.29 is 29.2 Å². The van der Waals surface area contributed by atoms with Crippen molar-refractivity contribution in [3.63, 3.8) is 0 Å². The van der Waals surface area contributed by atoms with Gasteiger partial charge in [-0.3, -0.25) is 29.3 Å². The Morgan fingerprint density at radius 2 is 1.58 bits per heavy atom. The number of phenols is 1. The SMILES string of the molecule is C=CCc1cccc(C2C3=CCC4C(=O)N(c5cccc([N+](=O)[O-])c5)C(=O)C4C3CC3C(=O)N(c4cccc(Cl)c4)C(=O)C32c2ccccc2)c1O. The van der Waals surface area contributed by atoms with Gasteiger partial charge in [0.25, 0.3) is 5.69 Å². The summed E-state index contributed by atoms with van der Waals surface area (Å²) in [6.07, 6.45) is 4.13. The van der Waals surface area contributed by atoms with E-state index in [1.54, 1.807) is 60.7 Å². The molecule has 3 fully saturated rings. The first-order valence-electron chi connectivity index (χ1n) is 17.0. The quantitative estimate of drug-likeness (QED) is 0.0938. The topological polar surface area (TPSA) is 138 Å². The van der Waals surface area contributed by atoms with E-state index in [0.717, 1.165) is 4.90 Å². The Morgan fingerprint density at radius 1 is 0.865 bits per heavy atom. The Balaban J connectivity index is 1.36. The average Bonchev–Trinajstić information content (AvgIpc) is 3.53. The van der Waals surface area contributed by atoms with Crippen LogP contribution in [0, 0.1) is 33.8 Å². The molecule has 1 N–H and O–H groups in total. The molecule has 0 spiro atoms. The molecule has 52 heavy (non-hydrogen) atoms. The van der Waals surface area contributed by atoms with E-state index in [1.165, 1.54) is 29.2 Å². The molecule has 2 aliphatic heterocycles. The van der Waals surface area contributed by atoms with Crippen LogP contribution in [0.1, 0.15) is 35.4 Å². The Bertz CT molecular complexity index is 2250. The monoisotopic (exact) mass is 713 g/mol. The van der Waals surface area contributed by atoms with Crippen LogP contribution in [-0.4, -0.2) is 33.7 Å². The number of aromatic hydroxyl groups is 1. The second-order valence-corrected chi connectivity index (χ2v) is 14.2. The van der Waals surface area contributed by atoms with Crippen LogP contribution >= 0.6 is 11.6 Å². The van der Waals surface area contributed by atoms with Crippen molar-refractivity contribution in [2.75, 3.05) is 9.80 Å². The summed E-state index contributed by atoms with van der Waals surface area (Å²) < 4.78 is 0. The van der Waals surface area contributed by atoms with E-state index in [2.05, 4.69) is 6.58 Å². The number of rotatable bonds is 7. The summed E-state index contributed by atoms with van der Waals surface area (Å²) in [5.41, 5.74) is 0.849. The molecule has 11 heteroatoms. The number of amides is 4. The second kappa shape index (κ2) is 12.4. The number of non-ortho nitro benzene ring substituents is 1. The summed E-state index contributed by atoms with van der Waals surface area (Å²) in [5.74, 6) is -6.31. The van der Waals surface area contributed by atoms with Crippen LogP contribution in [0.4, 0.5) is 17.1 Å². The lowest BCUT2D eigenvalue weighted by molar-refractivity contribution is -0.384. The molecule has 4 aromatic rings. The molecule has 0 aromatic heterocycles. The van der Waals surface area contributed by atoms with E-state index in [0.29, 0.717) is 39.4 Å². The summed E-state index contributed by atoms with van der Waals surface area (Å²) in [5, 5.41) is 23.9. The van der Waals surface area contributed by atoms with Gasteiger partial charge in [0, 0.05) is 28.6 Å². The summed E-state index contributed by atoms with van der Waals surface area (Å²) in [7, 11) is 0. The van der Waals surface area contributed by atoms with Crippen LogP contribution in [0.5, 0.6) is 5.75 Å². The van der Waals surface area contributed by atoms with Crippen LogP contribution < -0.4 is 9.80 Å². The van der Waals surface area contributed by atoms with Crippen LogP contribution in [0.25, 0.3) is 0 Å². The Hall–Kier alpha value is -5.87. The van der Waals surface area contributed by atoms with E-state index < -0.39 is 63.6 Å². The van der Waals surface area contributed by atoms with Crippen LogP contribution in [0.3, 0.4) is 0 Å². The fraction of sp³-hybridized carbons (Fsp3) is 0.220. The van der Waals surface area contributed by atoms with Crippen molar-refractivity contribution >= 4 is 52.3 Å². The van der Waals surface area contributed by atoms with Crippen molar-refractivity contribution in [3.8, 4) is 5.75 Å². The zero-order chi connectivity index (χ0) is 36.5. The number of halogens is 1. The number of phenolic OH excluding ortho intramolecular Hbond substituents is 1. The maximum atomic E-state index is 15.4. The number of para-hydroxylation sites is 1. The highest BCUT2D eigenvalue weighted by Gasteiger charge is 2.70. The van der Waals surface area contributed by atoms with E-state index in [1.807, 2.05) is 24.3 Å². The van der Waals surface area contributed by atoms with Gasteiger partial charge in [-0.2, -0.15) is 0 Å². The Labute approximate surface area is 303 Å². The van der Waals surface area contributed by atoms with E-state index in [-0.39, 0.29) is 30.0 Å². The van der Waals surface area contributed by atoms with E-state index >= 15 is 4.79 Å². The molecule has 6 atom stereocenters. The zero-order valence-corrected chi connectivity index (χ0v) is 28.5. The third-order valence-electron chi connectivity index (χ3n) is 11.3. The number of carbonyl (C=O) groups is 4. The van der Waals surface area contributed by atoms with Gasteiger partial charge in [-0.05, 0) is 60.6 Å². The number of fused-ring (bicyclic) bond motifs is 4. The number of anilines is 2. The highest BCUT2D eigenvalue weighted by atomic mass is 35.5. The maximum absolute atomic E-state index is 15.4. The smallest absolute Gasteiger partial charge is 0.271 e. The van der Waals surface area contributed by atoms with Gasteiger partial charge in [-0.15, -0.1) is 6.58 Å². The molecule has 6 unspecified atom stereocenters. The molecule has 0 radical (unpaired) electrons. The maximum Gasteiger partial charge on any atom is 0.271 e. The average molecular weight is 714 g/mol. The van der Waals surface area contributed by atoms with Crippen molar-refractivity contribution in [3.05, 3.63) is 153 Å². The lowest BCUT2D eigenvalue weighted by atomic mass is 9.49. The molecule has 2 aliphatic carbocycles. The summed E-state index contributed by atoms with van der Waals surface area (Å²) in [4.78, 5) is 72.1. The lowest BCUT2D eigenvalue weighted by Crippen LogP contribution is -2.53. The fourth-order valence-corrected chi connectivity index (χ4v) is 9.44. The van der Waals surface area contributed by atoms with Crippen molar-refractivity contribution in [2.45, 2.75) is 30.6 Å². The number of allylic oxidation sites excluding steroid dienone is 3. The molecule has 10 nitrogen and oxygen atoms in total. The fourth-order valence-electron chi connectivity index (χ4n) is 9.25. The molecule has 1 saturated carbocycles. The third kappa shape index (κ3) is 4.70. The van der Waals surface area contributed by atoms with Gasteiger partial charge in [-0.1, -0.05) is 90.0 Å². The largest absolute Gasteiger partial charge is 0.507 e. The van der Waals surface area contributed by atoms with Crippen molar-refractivity contribution in [1.82, 2.24) is 0 Å². The number of nitro groups is 1. The molecule has 0 bridgehead atoms. The van der Waals surface area contributed by atoms with Crippen LogP contribution in [0.15, 0.2) is 121 Å². The van der Waals surface area contributed by atoms with Crippen molar-refractivity contribution in [2.24, 2.45) is 23.7 Å². The van der Waals surface area contributed by atoms with Gasteiger partial charge in [0.05, 0.1) is 39.5 Å². The Kier molecular flexibility index (Phi) is 7.95. The molecular formula is C41H32ClN3O7. The summed E-state index contributed by atoms with van der Waals surface area (Å²) in [6.45, 7) is 3.84. The number of nitro benzene ring substituents is 1. The van der Waals surface area contributed by atoms with Gasteiger partial charge in [0.2, 0.25) is 23.6 Å². The lowest BCUT2D eigenvalue weighted by Gasteiger charge is -2.50. The predicted molar refractivity (Wildman–Crippen MR) is 194 cm³/mol. The first-order valence-corrected chi connectivity index (χ1v) is 17.4. The minimum absolute atomic E-state index is 0.0429. The molecule has 2 saturated heterocycles. The minimum Gasteiger partial charge on any atom is -0.507 e. The number of benzene rings is 4. The Morgan fingerprint density at radius 3 is 2.29 bits per heavy atom. The third-order valence-corrected chi connectivity index (χ3v) is 11.5. The van der Waals surface area contributed by atoms with Gasteiger partial charge in [0.1, 0.15) is 5.75 Å². The van der Waals surface area contributed by atoms with Crippen LogP contribution in [0.2, 0.25) is 5.02 Å². The van der Waals surface area contributed by atoms with Gasteiger partial charge in [-0.25, -0.2) is 9.80 Å². The molecule has 260 valence electrons. The second-order valence-electron chi connectivity index (χ2n) is 13.7. The normalized spacial score (nSPS) is 26.5. The van der Waals surface area contributed by atoms with Gasteiger partial charge in [0.15, 0.2) is 0 Å². The molecule has 4 aromatic carbocycles. The van der Waals surface area contributed by atoms with E-state index in [4.69, 9.17) is 11.6 Å². The molecule has 4 aliphatic rings. The predicted octanol–water partition coefficient (Wildman–Crippen LogP) is 7.05. The first kappa shape index (κ1) is 33.3. The minimum atomic E-state index is -1.55. The first-order chi connectivity index (χ1) is 25.1. The number of hydrogen-bond acceptors (Lipinski definition) is 7. The number of hydrogen-bond donors (Lipinski definition) is 1. The van der Waals surface area contributed by atoms with Crippen molar-refractivity contribution in [1.29, 1.82) is 0 Å². The number of nitrogens with zero attached hydrogens (tertiary/aromatic N) is 3. The number of carbonyl (C=O) groups excluding carboxylic acids is 4. The van der Waals surface area contributed by atoms with Gasteiger partial charge < -0.3 is 5.11 Å². The van der Waals surface area contributed by atoms with Gasteiger partial charge >= 0.3 is 0 Å². The van der Waals surface area contributed by atoms with E-state index in [9.17, 15) is 29.6 Å². The highest BCUT2D eigenvalue weighted by Crippen LogP contribution is 2.65. The summed E-state index contributed by atoms with van der Waals surface area (Å²) >= 11 is 6.39. The highest BCUT2D eigenvalue weighted by molar-refractivity contribution is 6.32. The summed E-state index contributed by atoms with van der Waals surface area (Å²) in [6, 6.07) is 26.3.